The van der Waals surface area contributed by atoms with Crippen molar-refractivity contribution < 1.29 is 13.7 Å². The summed E-state index contributed by atoms with van der Waals surface area (Å²) >= 11 is 0. The topological polar surface area (TPSA) is 71.3 Å². The highest BCUT2D eigenvalue weighted by atomic mass is 19.1. The van der Waals surface area contributed by atoms with E-state index in [9.17, 15) is 9.18 Å². The molecule has 3 aromatic rings. The van der Waals surface area contributed by atoms with E-state index in [1.54, 1.807) is 12.1 Å². The Balaban J connectivity index is 1.32. The van der Waals surface area contributed by atoms with Gasteiger partial charge in [-0.3, -0.25) is 9.69 Å². The number of carbonyl (C=O) groups excluding carboxylic acids is 1. The second-order valence-electron chi connectivity index (χ2n) is 10.2. The number of hydrogen-bond donors (Lipinski definition) is 1. The van der Waals surface area contributed by atoms with Crippen molar-refractivity contribution in [1.29, 1.82) is 0 Å². The van der Waals surface area contributed by atoms with Crippen molar-refractivity contribution in [3.63, 3.8) is 0 Å². The van der Waals surface area contributed by atoms with Crippen LogP contribution in [-0.4, -0.2) is 34.0 Å². The first-order valence-electron chi connectivity index (χ1n) is 11.9. The first-order valence-corrected chi connectivity index (χ1v) is 11.9. The Kier molecular flexibility index (Phi) is 7.12. The minimum atomic E-state index is -0.304. The Morgan fingerprint density at radius 2 is 1.88 bits per heavy atom. The molecular weight excluding hydrogens is 431 g/mol. The molecule has 1 fully saturated rings. The largest absolute Gasteiger partial charge is 0.349 e. The van der Waals surface area contributed by atoms with Crippen LogP contribution in [0.15, 0.2) is 53.1 Å². The third-order valence-corrected chi connectivity index (χ3v) is 6.44. The Morgan fingerprint density at radius 1 is 1.18 bits per heavy atom. The molecule has 0 saturated carbocycles. The van der Waals surface area contributed by atoms with Gasteiger partial charge in [0, 0.05) is 12.1 Å². The van der Waals surface area contributed by atoms with Crippen LogP contribution < -0.4 is 5.32 Å². The summed E-state index contributed by atoms with van der Waals surface area (Å²) in [5.41, 5.74) is 3.20. The molecule has 0 aliphatic carbocycles. The van der Waals surface area contributed by atoms with Crippen LogP contribution in [0.2, 0.25) is 0 Å². The highest BCUT2D eigenvalue weighted by Crippen LogP contribution is 2.25. The molecule has 180 valence electrons. The van der Waals surface area contributed by atoms with Crippen LogP contribution in [0.25, 0.3) is 11.4 Å². The molecule has 0 spiro atoms. The smallest absolute Gasteiger partial charge is 0.241 e. The Hall–Kier alpha value is -3.06. The summed E-state index contributed by atoms with van der Waals surface area (Å²) in [5, 5.41) is 7.21. The van der Waals surface area contributed by atoms with Crippen molar-refractivity contribution >= 4 is 5.91 Å². The maximum atomic E-state index is 13.1. The summed E-state index contributed by atoms with van der Waals surface area (Å²) in [5.74, 6) is 0.626. The van der Waals surface area contributed by atoms with Gasteiger partial charge in [0.05, 0.1) is 18.5 Å². The highest BCUT2D eigenvalue weighted by Gasteiger charge is 2.28. The number of hydrogen-bond acceptors (Lipinski definition) is 5. The second-order valence-corrected chi connectivity index (χ2v) is 10.2. The molecular formula is C27H33FN4O2. The molecule has 0 radical (unpaired) electrons. The summed E-state index contributed by atoms with van der Waals surface area (Å²) in [6.45, 7) is 10.6. The SMILES string of the molecule is CC(NC(=O)C1CCCN(Cc2nc(-c3ccc(F)cc3)no2)C1)c1ccc(C(C)(C)C)cc1. The Bertz CT molecular complexity index is 1100. The molecule has 34 heavy (non-hydrogen) atoms. The van der Waals surface area contributed by atoms with E-state index in [1.807, 2.05) is 6.92 Å². The first kappa shape index (κ1) is 24.1. The molecule has 1 aromatic heterocycles. The first-order chi connectivity index (χ1) is 16.2. The maximum Gasteiger partial charge on any atom is 0.241 e. The van der Waals surface area contributed by atoms with Crippen LogP contribution in [0.3, 0.4) is 0 Å². The minimum absolute atomic E-state index is 0.0499. The number of amides is 1. The van der Waals surface area contributed by atoms with Crippen LogP contribution in [0.1, 0.15) is 63.6 Å². The van der Waals surface area contributed by atoms with Gasteiger partial charge >= 0.3 is 0 Å². The fraction of sp³-hybridized carbons (Fsp3) is 0.444. The van der Waals surface area contributed by atoms with Gasteiger partial charge in [-0.05, 0) is 67.1 Å². The van der Waals surface area contributed by atoms with E-state index in [4.69, 9.17) is 4.52 Å². The number of rotatable bonds is 6. The van der Waals surface area contributed by atoms with Crippen LogP contribution in [0, 0.1) is 11.7 Å². The monoisotopic (exact) mass is 464 g/mol. The standard InChI is InChI=1S/C27H33FN4O2/c1-18(19-7-11-22(12-8-19)27(2,3)4)29-26(33)21-6-5-15-32(16-21)17-24-30-25(31-34-24)20-9-13-23(28)14-10-20/h7-14,18,21H,5-6,15-17H2,1-4H3,(H,29,33). The van der Waals surface area contributed by atoms with Gasteiger partial charge in [0.15, 0.2) is 0 Å². The third kappa shape index (κ3) is 5.89. The number of halogens is 1. The molecule has 2 aromatic carbocycles. The van der Waals surface area contributed by atoms with E-state index in [0.717, 1.165) is 24.9 Å². The van der Waals surface area contributed by atoms with Crippen molar-refractivity contribution in [1.82, 2.24) is 20.4 Å². The highest BCUT2D eigenvalue weighted by molar-refractivity contribution is 5.79. The average Bonchev–Trinajstić information content (AvgIpc) is 3.27. The fourth-order valence-corrected chi connectivity index (χ4v) is 4.33. The summed E-state index contributed by atoms with van der Waals surface area (Å²) in [7, 11) is 0. The van der Waals surface area contributed by atoms with E-state index < -0.39 is 0 Å². The van der Waals surface area contributed by atoms with Crippen molar-refractivity contribution in [2.75, 3.05) is 13.1 Å². The van der Waals surface area contributed by atoms with E-state index in [1.165, 1.54) is 17.7 Å². The quantitative estimate of drug-likeness (QED) is 0.539. The zero-order chi connectivity index (χ0) is 24.3. The predicted octanol–water partition coefficient (Wildman–Crippen LogP) is 5.26. The number of carbonyl (C=O) groups is 1. The molecule has 4 rings (SSSR count). The van der Waals surface area contributed by atoms with Crippen LogP contribution in [0.4, 0.5) is 4.39 Å². The normalized spacial score (nSPS) is 18.0. The average molecular weight is 465 g/mol. The summed E-state index contributed by atoms with van der Waals surface area (Å²) in [6, 6.07) is 14.5. The fourth-order valence-electron chi connectivity index (χ4n) is 4.33. The summed E-state index contributed by atoms with van der Waals surface area (Å²) in [4.78, 5) is 19.6. The van der Waals surface area contributed by atoms with E-state index in [2.05, 4.69) is 65.4 Å². The number of likely N-dealkylation sites (tertiary alicyclic amines) is 1. The van der Waals surface area contributed by atoms with Crippen molar-refractivity contribution in [2.24, 2.45) is 5.92 Å². The molecule has 2 atom stereocenters. The lowest BCUT2D eigenvalue weighted by atomic mass is 9.86. The second kappa shape index (κ2) is 10.1. The lowest BCUT2D eigenvalue weighted by Crippen LogP contribution is -2.43. The van der Waals surface area contributed by atoms with E-state index in [0.29, 0.717) is 30.4 Å². The van der Waals surface area contributed by atoms with Crippen molar-refractivity contribution in [2.45, 2.75) is 58.5 Å². The molecule has 1 aliphatic heterocycles. The minimum Gasteiger partial charge on any atom is -0.349 e. The molecule has 2 unspecified atom stereocenters. The van der Waals surface area contributed by atoms with Gasteiger partial charge in [0.2, 0.25) is 17.6 Å². The molecule has 6 nitrogen and oxygen atoms in total. The lowest BCUT2D eigenvalue weighted by Gasteiger charge is -2.31. The molecule has 2 heterocycles. The molecule has 7 heteroatoms. The molecule has 1 amide bonds. The number of piperidine rings is 1. The number of nitrogens with zero attached hydrogens (tertiary/aromatic N) is 3. The maximum absolute atomic E-state index is 13.1. The Morgan fingerprint density at radius 3 is 2.56 bits per heavy atom. The molecule has 1 aliphatic rings. The number of nitrogens with one attached hydrogen (secondary N) is 1. The van der Waals surface area contributed by atoms with E-state index >= 15 is 0 Å². The molecule has 1 N–H and O–H groups in total. The van der Waals surface area contributed by atoms with Gasteiger partial charge in [-0.25, -0.2) is 4.39 Å². The van der Waals surface area contributed by atoms with Crippen molar-refractivity contribution in [3.8, 4) is 11.4 Å². The summed E-state index contributed by atoms with van der Waals surface area (Å²) < 4.78 is 18.6. The van der Waals surface area contributed by atoms with Gasteiger partial charge in [-0.15, -0.1) is 0 Å². The van der Waals surface area contributed by atoms with E-state index in [-0.39, 0.29) is 29.1 Å². The Labute approximate surface area is 200 Å². The van der Waals surface area contributed by atoms with Gasteiger partial charge in [0.25, 0.3) is 0 Å². The third-order valence-electron chi connectivity index (χ3n) is 6.44. The van der Waals surface area contributed by atoms with Gasteiger partial charge in [-0.1, -0.05) is 50.2 Å². The van der Waals surface area contributed by atoms with Crippen LogP contribution in [-0.2, 0) is 16.8 Å². The van der Waals surface area contributed by atoms with Crippen LogP contribution in [0.5, 0.6) is 0 Å². The summed E-state index contributed by atoms with van der Waals surface area (Å²) in [6.07, 6.45) is 1.80. The van der Waals surface area contributed by atoms with Gasteiger partial charge in [-0.2, -0.15) is 4.98 Å². The van der Waals surface area contributed by atoms with Gasteiger partial charge in [0.1, 0.15) is 5.82 Å². The predicted molar refractivity (Wildman–Crippen MR) is 129 cm³/mol. The lowest BCUT2D eigenvalue weighted by molar-refractivity contribution is -0.127. The zero-order valence-corrected chi connectivity index (χ0v) is 20.3. The van der Waals surface area contributed by atoms with Gasteiger partial charge < -0.3 is 9.84 Å². The number of benzene rings is 2. The molecule has 0 bridgehead atoms. The molecule has 1 saturated heterocycles. The van der Waals surface area contributed by atoms with Crippen molar-refractivity contribution in [3.05, 3.63) is 71.4 Å². The number of aromatic nitrogens is 2. The van der Waals surface area contributed by atoms with Crippen LogP contribution >= 0.6 is 0 Å². The zero-order valence-electron chi connectivity index (χ0n) is 20.3.